The van der Waals surface area contributed by atoms with Crippen molar-refractivity contribution in [3.63, 3.8) is 0 Å². The highest BCUT2D eigenvalue weighted by Crippen LogP contribution is 2.52. The van der Waals surface area contributed by atoms with Crippen LogP contribution in [0.15, 0.2) is 59.8 Å². The third kappa shape index (κ3) is 9.61. The molecule has 0 radical (unpaired) electrons. The summed E-state index contributed by atoms with van der Waals surface area (Å²) in [5, 5.41) is 17.0. The van der Waals surface area contributed by atoms with E-state index in [1.165, 1.54) is 12.8 Å². The molecule has 4 aromatic rings. The summed E-state index contributed by atoms with van der Waals surface area (Å²) in [7, 11) is 1.93. The van der Waals surface area contributed by atoms with Gasteiger partial charge in [-0.05, 0) is 122 Å². The van der Waals surface area contributed by atoms with Gasteiger partial charge in [-0.3, -0.25) is 29.5 Å². The number of hydrogen-bond acceptors (Lipinski definition) is 11. The van der Waals surface area contributed by atoms with E-state index in [4.69, 9.17) is 15.5 Å². The minimum Gasteiger partial charge on any atom is -0.444 e. The molecule has 2 aromatic carbocycles. The van der Waals surface area contributed by atoms with Crippen LogP contribution in [0.4, 0.5) is 22.1 Å². The summed E-state index contributed by atoms with van der Waals surface area (Å²) in [5.74, 6) is 1.60. The molecule has 1 aliphatic carbocycles. The van der Waals surface area contributed by atoms with Crippen molar-refractivity contribution in [1.29, 1.82) is 0 Å². The Morgan fingerprint density at radius 2 is 1.75 bits per heavy atom. The van der Waals surface area contributed by atoms with E-state index < -0.39 is 35.4 Å². The molecule has 16 heteroatoms. The van der Waals surface area contributed by atoms with E-state index in [9.17, 15) is 19.2 Å². The van der Waals surface area contributed by atoms with Crippen LogP contribution in [0.2, 0.25) is 0 Å². The third-order valence-electron chi connectivity index (χ3n) is 12.2. The summed E-state index contributed by atoms with van der Waals surface area (Å²) in [6.07, 6.45) is 7.07. The van der Waals surface area contributed by atoms with Gasteiger partial charge in [-0.15, -0.1) is 22.0 Å². The summed E-state index contributed by atoms with van der Waals surface area (Å²) in [6.45, 7) is 13.0. The molecular weight excluding hydrogens is 793 g/mol. The number of likely N-dealkylation sites (tertiary alicyclic amines) is 1. The predicted octanol–water partition coefficient (Wildman–Crippen LogP) is 6.22. The molecule has 2 fully saturated rings. The molecule has 0 bridgehead atoms. The second kappa shape index (κ2) is 18.3. The molecule has 3 aliphatic rings. The Labute approximate surface area is 362 Å². The van der Waals surface area contributed by atoms with Gasteiger partial charge in [0.25, 0.3) is 5.91 Å². The number of carbonyl (C=O) groups excluding carboxylic acids is 4. The lowest BCUT2D eigenvalue weighted by atomic mass is 9.58. The number of piperidine rings is 1. The number of carbonyl (C=O) groups is 4. The molecular formula is C45H58N10O5S. The number of nitrogens with one attached hydrogen (secondary N) is 3. The number of aryl methyl sites for hydroxylation is 1. The lowest BCUT2D eigenvalue weighted by Gasteiger charge is -2.46. The van der Waals surface area contributed by atoms with Gasteiger partial charge in [-0.2, -0.15) is 0 Å². The van der Waals surface area contributed by atoms with Crippen molar-refractivity contribution in [2.24, 2.45) is 30.5 Å². The lowest BCUT2D eigenvalue weighted by molar-refractivity contribution is -0.127. The number of pyridine rings is 1. The fourth-order valence-corrected chi connectivity index (χ4v) is 9.56. The van der Waals surface area contributed by atoms with E-state index in [0.717, 1.165) is 59.9 Å². The van der Waals surface area contributed by atoms with Crippen molar-refractivity contribution in [3.8, 4) is 0 Å². The van der Waals surface area contributed by atoms with Crippen LogP contribution in [0.25, 0.3) is 0 Å². The number of fused-ring (bicyclic) bond motifs is 1. The van der Waals surface area contributed by atoms with Crippen LogP contribution >= 0.6 is 11.8 Å². The van der Waals surface area contributed by atoms with Crippen molar-refractivity contribution in [2.45, 2.75) is 102 Å². The Morgan fingerprint density at radius 1 is 1.00 bits per heavy atom. The molecule has 3 atom stereocenters. The van der Waals surface area contributed by atoms with E-state index >= 15 is 0 Å². The zero-order valence-electron chi connectivity index (χ0n) is 36.2. The Hall–Kier alpha value is -5.32. The van der Waals surface area contributed by atoms with E-state index in [0.29, 0.717) is 41.0 Å². The summed E-state index contributed by atoms with van der Waals surface area (Å²) >= 11 is 1.65. The molecule has 0 unspecified atom stereocenters. The van der Waals surface area contributed by atoms with Gasteiger partial charge in [-0.1, -0.05) is 39.8 Å². The number of rotatable bonds is 14. The van der Waals surface area contributed by atoms with E-state index in [2.05, 4.69) is 57.0 Å². The number of hydrogen-bond donors (Lipinski definition) is 4. The Morgan fingerprint density at radius 3 is 2.41 bits per heavy atom. The summed E-state index contributed by atoms with van der Waals surface area (Å²) in [6, 6.07) is 13.4. The maximum absolute atomic E-state index is 14.4. The Bertz CT molecular complexity index is 2270. The molecule has 0 spiro atoms. The van der Waals surface area contributed by atoms with E-state index in [1.54, 1.807) is 54.2 Å². The minimum atomic E-state index is -0.794. The van der Waals surface area contributed by atoms with Gasteiger partial charge < -0.3 is 25.7 Å². The van der Waals surface area contributed by atoms with Crippen LogP contribution < -0.4 is 26.6 Å². The van der Waals surface area contributed by atoms with Crippen LogP contribution in [0.5, 0.6) is 0 Å². The number of anilines is 3. The number of nitrogens with zero attached hydrogens (tertiary/aromatic N) is 6. The SMILES string of the molecule is CSc1cc(CN2CCC[C@H](C)C2)cc2c1CN(c1cc(C3(c4nncn4C)CC(C)C3)cc(NC(=O)OCc3ccc(NC(=O)[C@H](C)NC(=O)[C@@H](N)C(C)C)cc3)n1)C2=O. The van der Waals surface area contributed by atoms with Crippen LogP contribution in [-0.4, -0.2) is 79.9 Å². The van der Waals surface area contributed by atoms with Gasteiger partial charge in [-0.25, -0.2) is 9.78 Å². The average molecular weight is 851 g/mol. The maximum atomic E-state index is 14.4. The molecule has 61 heavy (non-hydrogen) atoms. The van der Waals surface area contributed by atoms with Gasteiger partial charge in [0, 0.05) is 36.3 Å². The number of aromatic nitrogens is 4. The van der Waals surface area contributed by atoms with E-state index in [-0.39, 0.29) is 24.2 Å². The zero-order valence-corrected chi connectivity index (χ0v) is 37.0. The van der Waals surface area contributed by atoms with Gasteiger partial charge >= 0.3 is 6.09 Å². The first-order valence-electron chi connectivity index (χ1n) is 21.1. The first kappa shape index (κ1) is 43.8. The number of benzene rings is 2. The molecule has 324 valence electrons. The molecule has 4 heterocycles. The van der Waals surface area contributed by atoms with Crippen LogP contribution in [-0.2, 0) is 46.5 Å². The van der Waals surface area contributed by atoms with Gasteiger partial charge in [0.1, 0.15) is 36.4 Å². The summed E-state index contributed by atoms with van der Waals surface area (Å²) < 4.78 is 7.58. The molecule has 4 amide bonds. The standard InChI is InChI=1S/C45H58N10O5S/c1-26(2)39(46)41(57)48-29(5)40(56)49-33-12-10-30(11-13-33)24-60-44(59)51-37-17-32(45(19-28(4)20-45)43-52-47-25-53(43)6)18-38(50-37)55-23-35-34(42(55)58)15-31(16-36(35)61-7)22-54-14-8-9-27(3)21-54/h10-13,15-18,25-29,39H,8-9,14,19-24,46H2,1-7H3,(H,48,57)(H,49,56)(H,50,51,59)/t27-,28?,29-,39-,45?/m0/s1. The number of thioether (sulfide) groups is 1. The monoisotopic (exact) mass is 850 g/mol. The molecule has 7 rings (SSSR count). The zero-order chi connectivity index (χ0) is 43.6. The van der Waals surface area contributed by atoms with Gasteiger partial charge in [0.2, 0.25) is 11.8 Å². The van der Waals surface area contributed by atoms with Crippen molar-refractivity contribution < 1.29 is 23.9 Å². The third-order valence-corrected chi connectivity index (χ3v) is 13.0. The normalized spacial score (nSPS) is 21.1. The second-order valence-electron chi connectivity index (χ2n) is 17.5. The fraction of sp³-hybridized carbons (Fsp3) is 0.489. The van der Waals surface area contributed by atoms with Crippen LogP contribution in [0, 0.1) is 17.8 Å². The topological polar surface area (TPSA) is 190 Å². The minimum absolute atomic E-state index is 0.0530. The summed E-state index contributed by atoms with van der Waals surface area (Å²) in [5.41, 5.74) is 10.3. The first-order chi connectivity index (χ1) is 29.1. The van der Waals surface area contributed by atoms with Crippen molar-refractivity contribution in [3.05, 3.63) is 88.5 Å². The molecule has 15 nitrogen and oxygen atoms in total. The smallest absolute Gasteiger partial charge is 0.413 e. The van der Waals surface area contributed by atoms with Crippen molar-refractivity contribution in [2.75, 3.05) is 34.9 Å². The largest absolute Gasteiger partial charge is 0.444 e. The molecule has 2 aromatic heterocycles. The molecule has 1 saturated heterocycles. The van der Waals surface area contributed by atoms with E-state index in [1.807, 2.05) is 43.9 Å². The quantitative estimate of drug-likeness (QED) is 0.106. The highest BCUT2D eigenvalue weighted by atomic mass is 32.2. The van der Waals surface area contributed by atoms with Crippen molar-refractivity contribution >= 4 is 52.9 Å². The first-order valence-corrected chi connectivity index (χ1v) is 22.4. The van der Waals surface area contributed by atoms with Crippen molar-refractivity contribution in [1.82, 2.24) is 30.0 Å². The predicted molar refractivity (Wildman–Crippen MR) is 236 cm³/mol. The maximum Gasteiger partial charge on any atom is 0.413 e. The number of amides is 4. The number of ether oxygens (including phenoxy) is 1. The second-order valence-corrected chi connectivity index (χ2v) is 18.4. The molecule has 2 aliphatic heterocycles. The van der Waals surface area contributed by atoms with Crippen LogP contribution in [0.3, 0.4) is 0 Å². The highest BCUT2D eigenvalue weighted by Gasteiger charge is 2.49. The van der Waals surface area contributed by atoms with Crippen LogP contribution in [0.1, 0.15) is 98.7 Å². The average Bonchev–Trinajstić information content (AvgIpc) is 3.80. The van der Waals surface area contributed by atoms with Gasteiger partial charge in [0.05, 0.1) is 18.0 Å². The number of nitrogens with two attached hydrogens (primary N) is 1. The molecule has 1 saturated carbocycles. The van der Waals surface area contributed by atoms with Gasteiger partial charge in [0.15, 0.2) is 0 Å². The Kier molecular flexibility index (Phi) is 13.2. The lowest BCUT2D eigenvalue weighted by Crippen LogP contribution is -2.50. The Balaban J connectivity index is 1.08. The molecule has 5 N–H and O–H groups in total. The highest BCUT2D eigenvalue weighted by molar-refractivity contribution is 7.98. The fourth-order valence-electron chi connectivity index (χ4n) is 8.87. The summed E-state index contributed by atoms with van der Waals surface area (Å²) in [4.78, 5) is 63.0.